The van der Waals surface area contributed by atoms with Crippen LogP contribution in [0.2, 0.25) is 5.02 Å². The van der Waals surface area contributed by atoms with E-state index in [4.69, 9.17) is 11.6 Å². The number of nitrogens with one attached hydrogen (secondary N) is 2. The van der Waals surface area contributed by atoms with Gasteiger partial charge in [-0.1, -0.05) is 60.1 Å². The van der Waals surface area contributed by atoms with Crippen molar-refractivity contribution in [2.45, 2.75) is 6.54 Å². The first-order valence-electron chi connectivity index (χ1n) is 8.08. The van der Waals surface area contributed by atoms with Gasteiger partial charge in [-0.05, 0) is 11.6 Å². The zero-order valence-electron chi connectivity index (χ0n) is 13.7. The van der Waals surface area contributed by atoms with Gasteiger partial charge in [0.1, 0.15) is 0 Å². The lowest BCUT2D eigenvalue weighted by molar-refractivity contribution is 0.923. The van der Waals surface area contributed by atoms with Gasteiger partial charge in [0.2, 0.25) is 5.95 Å². The van der Waals surface area contributed by atoms with Crippen molar-refractivity contribution < 1.29 is 0 Å². The maximum Gasteiger partial charge on any atom is 0.243 e. The topological polar surface area (TPSA) is 79.4 Å². The molecule has 0 bridgehead atoms. The van der Waals surface area contributed by atoms with Gasteiger partial charge in [0.05, 0.1) is 29.2 Å². The first-order chi connectivity index (χ1) is 12.8. The second-order valence-electron chi connectivity index (χ2n) is 5.61. The third-order valence-corrected chi connectivity index (χ3v) is 4.26. The highest BCUT2D eigenvalue weighted by molar-refractivity contribution is 6.33. The first kappa shape index (κ1) is 16.2. The van der Waals surface area contributed by atoms with Gasteiger partial charge >= 0.3 is 0 Å². The van der Waals surface area contributed by atoms with Crippen LogP contribution >= 0.6 is 11.6 Å². The number of benzene rings is 2. The van der Waals surface area contributed by atoms with E-state index < -0.39 is 0 Å². The minimum Gasteiger partial charge on any atom is -0.347 e. The van der Waals surface area contributed by atoms with E-state index in [-0.39, 0.29) is 0 Å². The summed E-state index contributed by atoms with van der Waals surface area (Å²) < 4.78 is 0. The molecule has 2 aromatic heterocycles. The molecule has 0 fully saturated rings. The molecule has 4 rings (SSSR count). The van der Waals surface area contributed by atoms with Gasteiger partial charge in [-0.2, -0.15) is 10.2 Å². The molecule has 0 radical (unpaired) electrons. The second kappa shape index (κ2) is 7.33. The van der Waals surface area contributed by atoms with E-state index in [0.717, 1.165) is 22.4 Å². The molecule has 0 aliphatic rings. The molecule has 2 heterocycles. The Morgan fingerprint density at radius 2 is 1.77 bits per heavy atom. The summed E-state index contributed by atoms with van der Waals surface area (Å²) in [5.41, 5.74) is 4.49. The number of nitrogens with zero attached hydrogens (tertiary/aromatic N) is 4. The maximum atomic E-state index is 6.24. The molecule has 0 saturated carbocycles. The van der Waals surface area contributed by atoms with Crippen molar-refractivity contribution in [3.05, 3.63) is 77.7 Å². The summed E-state index contributed by atoms with van der Waals surface area (Å²) in [4.78, 5) is 4.50. The van der Waals surface area contributed by atoms with Crippen LogP contribution in [-0.4, -0.2) is 25.4 Å². The lowest BCUT2D eigenvalue weighted by Crippen LogP contribution is -2.06. The van der Waals surface area contributed by atoms with Crippen molar-refractivity contribution in [3.8, 4) is 22.4 Å². The van der Waals surface area contributed by atoms with Gasteiger partial charge in [0.15, 0.2) is 0 Å². The van der Waals surface area contributed by atoms with Gasteiger partial charge < -0.3 is 5.32 Å². The molecule has 0 spiro atoms. The Balaban J connectivity index is 1.54. The molecule has 2 N–H and O–H groups in total. The molecule has 0 saturated heterocycles. The molecule has 0 amide bonds. The fourth-order valence-electron chi connectivity index (χ4n) is 2.66. The van der Waals surface area contributed by atoms with Crippen LogP contribution in [0.1, 0.15) is 5.69 Å². The Morgan fingerprint density at radius 3 is 2.62 bits per heavy atom. The number of anilines is 1. The van der Waals surface area contributed by atoms with Crippen LogP contribution in [0.4, 0.5) is 5.95 Å². The van der Waals surface area contributed by atoms with E-state index in [9.17, 15) is 0 Å². The standard InChI is InChI=1S/C19H15ClN6/c20-16-9-5-4-8-14(16)17-12-23-26-19(24-17)21-11-18-15(10-22-25-18)13-6-2-1-3-7-13/h1-10,12H,11H2,(H,22,25)(H,21,24,26). The van der Waals surface area contributed by atoms with E-state index in [1.54, 1.807) is 6.20 Å². The number of aromatic amines is 1. The molecule has 0 unspecified atom stereocenters. The van der Waals surface area contributed by atoms with Crippen LogP contribution in [0.3, 0.4) is 0 Å². The van der Waals surface area contributed by atoms with Crippen LogP contribution in [-0.2, 0) is 6.54 Å². The van der Waals surface area contributed by atoms with E-state index in [0.29, 0.717) is 23.2 Å². The molecule has 2 aromatic carbocycles. The lowest BCUT2D eigenvalue weighted by atomic mass is 10.1. The average Bonchev–Trinajstić information content (AvgIpc) is 3.16. The maximum absolute atomic E-state index is 6.24. The van der Waals surface area contributed by atoms with Gasteiger partial charge in [-0.15, -0.1) is 5.10 Å². The van der Waals surface area contributed by atoms with Crippen LogP contribution < -0.4 is 5.32 Å². The van der Waals surface area contributed by atoms with Crippen molar-refractivity contribution in [1.82, 2.24) is 25.4 Å². The van der Waals surface area contributed by atoms with Crippen molar-refractivity contribution in [3.63, 3.8) is 0 Å². The molecule has 6 nitrogen and oxygen atoms in total. The van der Waals surface area contributed by atoms with Gasteiger partial charge in [0.25, 0.3) is 0 Å². The molecular formula is C19H15ClN6. The predicted octanol–water partition coefficient (Wildman–Crippen LogP) is 4.19. The fraction of sp³-hybridized carbons (Fsp3) is 0.0526. The average molecular weight is 363 g/mol. The molecule has 128 valence electrons. The molecule has 7 heteroatoms. The smallest absolute Gasteiger partial charge is 0.243 e. The summed E-state index contributed by atoms with van der Waals surface area (Å²) in [5, 5.41) is 19.1. The first-order valence-corrected chi connectivity index (χ1v) is 8.45. The molecule has 0 aliphatic carbocycles. The zero-order valence-corrected chi connectivity index (χ0v) is 14.5. The van der Waals surface area contributed by atoms with Crippen LogP contribution in [0, 0.1) is 0 Å². The van der Waals surface area contributed by atoms with Gasteiger partial charge in [-0.3, -0.25) is 5.10 Å². The summed E-state index contributed by atoms with van der Waals surface area (Å²) >= 11 is 6.24. The van der Waals surface area contributed by atoms with Crippen molar-refractivity contribution in [2.75, 3.05) is 5.32 Å². The van der Waals surface area contributed by atoms with Crippen molar-refractivity contribution in [1.29, 1.82) is 0 Å². The molecule has 0 atom stereocenters. The van der Waals surface area contributed by atoms with E-state index >= 15 is 0 Å². The van der Waals surface area contributed by atoms with Crippen molar-refractivity contribution in [2.24, 2.45) is 0 Å². The summed E-state index contributed by atoms with van der Waals surface area (Å²) in [6, 6.07) is 17.6. The molecule has 4 aromatic rings. The highest BCUT2D eigenvalue weighted by Crippen LogP contribution is 2.26. The number of hydrogen-bond acceptors (Lipinski definition) is 5. The largest absolute Gasteiger partial charge is 0.347 e. The molecule has 26 heavy (non-hydrogen) atoms. The number of rotatable bonds is 5. The predicted molar refractivity (Wildman–Crippen MR) is 102 cm³/mol. The summed E-state index contributed by atoms with van der Waals surface area (Å²) in [7, 11) is 0. The SMILES string of the molecule is Clc1ccccc1-c1cnnc(NCc2n[nH]cc2-c2ccccc2)n1. The highest BCUT2D eigenvalue weighted by atomic mass is 35.5. The quantitative estimate of drug-likeness (QED) is 0.556. The number of H-pyrrole nitrogens is 1. The normalized spacial score (nSPS) is 10.7. The van der Waals surface area contributed by atoms with E-state index in [1.165, 1.54) is 0 Å². The van der Waals surface area contributed by atoms with Crippen LogP contribution in [0.5, 0.6) is 0 Å². The summed E-state index contributed by atoms with van der Waals surface area (Å²) in [6.07, 6.45) is 3.47. The van der Waals surface area contributed by atoms with Gasteiger partial charge in [-0.25, -0.2) is 4.98 Å². The van der Waals surface area contributed by atoms with Crippen molar-refractivity contribution >= 4 is 17.5 Å². The summed E-state index contributed by atoms with van der Waals surface area (Å²) in [5.74, 6) is 0.421. The molecule has 0 aliphatic heterocycles. The number of halogens is 1. The Kier molecular flexibility index (Phi) is 4.57. The molecular weight excluding hydrogens is 348 g/mol. The third-order valence-electron chi connectivity index (χ3n) is 3.93. The zero-order chi connectivity index (χ0) is 17.8. The Bertz CT molecular complexity index is 1020. The lowest BCUT2D eigenvalue weighted by Gasteiger charge is -2.07. The minimum atomic E-state index is 0.421. The van der Waals surface area contributed by atoms with E-state index in [2.05, 4.69) is 30.7 Å². The number of aromatic nitrogens is 5. The second-order valence-corrected chi connectivity index (χ2v) is 6.02. The Morgan fingerprint density at radius 1 is 0.962 bits per heavy atom. The van der Waals surface area contributed by atoms with Gasteiger partial charge in [0, 0.05) is 17.3 Å². The number of hydrogen-bond donors (Lipinski definition) is 2. The van der Waals surface area contributed by atoms with E-state index in [1.807, 2.05) is 60.8 Å². The van der Waals surface area contributed by atoms with Crippen LogP contribution in [0.25, 0.3) is 22.4 Å². The fourth-order valence-corrected chi connectivity index (χ4v) is 2.89. The summed E-state index contributed by atoms with van der Waals surface area (Å²) in [6.45, 7) is 0.474. The Labute approximate surface area is 155 Å². The van der Waals surface area contributed by atoms with Crippen LogP contribution in [0.15, 0.2) is 67.0 Å². The minimum absolute atomic E-state index is 0.421. The third kappa shape index (κ3) is 3.41. The Hall–Kier alpha value is -3.25. The highest BCUT2D eigenvalue weighted by Gasteiger charge is 2.10. The monoisotopic (exact) mass is 362 g/mol.